The van der Waals surface area contributed by atoms with Crippen LogP contribution in [-0.2, 0) is 22.4 Å². The van der Waals surface area contributed by atoms with E-state index in [1.165, 1.54) is 17.8 Å². The summed E-state index contributed by atoms with van der Waals surface area (Å²) in [6.07, 6.45) is 3.26. The molecule has 1 saturated heterocycles. The molecular weight excluding hydrogens is 507 g/mol. The van der Waals surface area contributed by atoms with E-state index in [1.54, 1.807) is 24.1 Å². The van der Waals surface area contributed by atoms with Crippen molar-refractivity contribution in [2.45, 2.75) is 45.3 Å². The number of anilines is 2. The number of hydrogen-bond acceptors (Lipinski definition) is 8. The minimum atomic E-state index is -0.296. The molecule has 0 N–H and O–H groups in total. The van der Waals surface area contributed by atoms with Crippen molar-refractivity contribution >= 4 is 39.9 Å². The second-order valence-electron chi connectivity index (χ2n) is 8.67. The molecule has 0 spiro atoms. The fourth-order valence-electron chi connectivity index (χ4n) is 4.87. The Hall–Kier alpha value is -2.95. The number of halogens is 1. The number of nitrogens with zero attached hydrogens (tertiary/aromatic N) is 4. The molecule has 1 aromatic heterocycles. The third kappa shape index (κ3) is 5.43. The second kappa shape index (κ2) is 12.7. The summed E-state index contributed by atoms with van der Waals surface area (Å²) in [5.41, 5.74) is 2.32. The van der Waals surface area contributed by atoms with Gasteiger partial charge in [-0.2, -0.15) is 0 Å². The Balaban J connectivity index is 0.00000164. The molecule has 204 valence electrons. The summed E-state index contributed by atoms with van der Waals surface area (Å²) >= 11 is 1.45. The van der Waals surface area contributed by atoms with Crippen LogP contribution in [0.5, 0.6) is 5.75 Å². The number of aromatic nitrogens is 2. The Morgan fingerprint density at radius 2 is 1.97 bits per heavy atom. The van der Waals surface area contributed by atoms with Crippen LogP contribution < -0.4 is 14.5 Å². The predicted molar refractivity (Wildman–Crippen MR) is 149 cm³/mol. The molecule has 10 heteroatoms. The van der Waals surface area contributed by atoms with Crippen molar-refractivity contribution in [3.63, 3.8) is 0 Å². The largest absolute Gasteiger partial charge is 0.467 e. The number of carbonyl (C=O) groups is 1. The molecule has 0 unspecified atom stereocenters. The molecule has 8 nitrogen and oxygen atoms in total. The SMILES string of the molecule is CC.CCc1c(F)ccc2cc(OCOC)cc(N3Cc4nc(SC)nc(N5CCCOCC5)c4C3=O)c12. The number of fused-ring (bicyclic) bond motifs is 2. The third-order valence-electron chi connectivity index (χ3n) is 6.52. The molecule has 38 heavy (non-hydrogen) atoms. The molecular formula is C28H35FN4O4S. The topological polar surface area (TPSA) is 77.0 Å². The first-order valence-corrected chi connectivity index (χ1v) is 14.2. The number of thioether (sulfide) groups is 1. The highest BCUT2D eigenvalue weighted by Gasteiger charge is 2.37. The van der Waals surface area contributed by atoms with E-state index in [2.05, 4.69) is 4.90 Å². The number of hydrogen-bond donors (Lipinski definition) is 0. The van der Waals surface area contributed by atoms with Crippen LogP contribution in [0, 0.1) is 5.82 Å². The van der Waals surface area contributed by atoms with Gasteiger partial charge in [-0.25, -0.2) is 14.4 Å². The van der Waals surface area contributed by atoms with Crippen molar-refractivity contribution in [3.05, 3.63) is 46.9 Å². The molecule has 0 bridgehead atoms. The highest BCUT2D eigenvalue weighted by molar-refractivity contribution is 7.98. The zero-order chi connectivity index (χ0) is 27.2. The molecule has 0 aliphatic carbocycles. The molecule has 1 amide bonds. The van der Waals surface area contributed by atoms with Gasteiger partial charge in [0.15, 0.2) is 11.9 Å². The molecule has 2 aliphatic heterocycles. The van der Waals surface area contributed by atoms with E-state index in [9.17, 15) is 9.18 Å². The van der Waals surface area contributed by atoms with Gasteiger partial charge in [0.25, 0.3) is 5.91 Å². The maximum atomic E-state index is 14.9. The number of aryl methyl sites for hydroxylation is 1. The molecule has 0 saturated carbocycles. The van der Waals surface area contributed by atoms with Crippen LogP contribution in [0.25, 0.3) is 10.8 Å². The van der Waals surface area contributed by atoms with E-state index in [1.807, 2.05) is 33.1 Å². The Bertz CT molecular complexity index is 1300. The summed E-state index contributed by atoms with van der Waals surface area (Å²) in [5, 5.41) is 2.11. The molecule has 2 aromatic carbocycles. The Morgan fingerprint density at radius 3 is 2.71 bits per heavy atom. The van der Waals surface area contributed by atoms with Gasteiger partial charge in [-0.1, -0.05) is 38.6 Å². The van der Waals surface area contributed by atoms with Crippen LogP contribution in [0.15, 0.2) is 29.4 Å². The fraction of sp³-hybridized carbons (Fsp3) is 0.464. The smallest absolute Gasteiger partial charge is 0.264 e. The van der Waals surface area contributed by atoms with Gasteiger partial charge in [0.1, 0.15) is 22.9 Å². The number of benzene rings is 2. The first-order valence-electron chi connectivity index (χ1n) is 13.0. The quantitative estimate of drug-likeness (QED) is 0.222. The van der Waals surface area contributed by atoms with Gasteiger partial charge in [-0.3, -0.25) is 4.79 Å². The minimum absolute atomic E-state index is 0.0602. The average Bonchev–Trinajstić information content (AvgIpc) is 3.10. The molecule has 3 aromatic rings. The molecule has 0 radical (unpaired) electrons. The summed E-state index contributed by atoms with van der Waals surface area (Å²) in [6.45, 7) is 8.90. The van der Waals surface area contributed by atoms with Crippen LogP contribution in [0.2, 0.25) is 0 Å². The van der Waals surface area contributed by atoms with Crippen LogP contribution in [0.1, 0.15) is 48.8 Å². The number of amides is 1. The zero-order valence-corrected chi connectivity index (χ0v) is 23.5. The summed E-state index contributed by atoms with van der Waals surface area (Å²) in [5.74, 6) is 0.683. The normalized spacial score (nSPS) is 15.3. The lowest BCUT2D eigenvalue weighted by molar-refractivity contribution is 0.0512. The molecule has 2 aliphatic rings. The van der Waals surface area contributed by atoms with Crippen molar-refractivity contribution in [3.8, 4) is 5.75 Å². The van der Waals surface area contributed by atoms with E-state index < -0.39 is 0 Å². The maximum absolute atomic E-state index is 14.9. The Kier molecular flexibility index (Phi) is 9.40. The van der Waals surface area contributed by atoms with E-state index in [4.69, 9.17) is 24.2 Å². The van der Waals surface area contributed by atoms with Crippen LogP contribution in [-0.4, -0.2) is 62.3 Å². The van der Waals surface area contributed by atoms with Crippen molar-refractivity contribution in [2.24, 2.45) is 0 Å². The van der Waals surface area contributed by atoms with Gasteiger partial charge >= 0.3 is 0 Å². The first-order chi connectivity index (χ1) is 18.5. The summed E-state index contributed by atoms with van der Waals surface area (Å²) in [6, 6.07) is 6.81. The van der Waals surface area contributed by atoms with E-state index >= 15 is 0 Å². The van der Waals surface area contributed by atoms with Gasteiger partial charge < -0.3 is 24.0 Å². The van der Waals surface area contributed by atoms with E-state index in [0.717, 1.165) is 18.4 Å². The van der Waals surface area contributed by atoms with Gasteiger partial charge in [0.2, 0.25) is 0 Å². The van der Waals surface area contributed by atoms with Crippen LogP contribution in [0.3, 0.4) is 0 Å². The molecule has 1 fully saturated rings. The lowest BCUT2D eigenvalue weighted by Gasteiger charge is -2.24. The van der Waals surface area contributed by atoms with E-state index in [-0.39, 0.29) is 25.1 Å². The van der Waals surface area contributed by atoms with E-state index in [0.29, 0.717) is 70.8 Å². The zero-order valence-electron chi connectivity index (χ0n) is 22.7. The monoisotopic (exact) mass is 542 g/mol. The van der Waals surface area contributed by atoms with Gasteiger partial charge in [-0.05, 0) is 42.2 Å². The first kappa shape index (κ1) is 28.1. The van der Waals surface area contributed by atoms with Crippen molar-refractivity contribution < 1.29 is 23.4 Å². The van der Waals surface area contributed by atoms with Crippen molar-refractivity contribution in [1.29, 1.82) is 0 Å². The van der Waals surface area contributed by atoms with Gasteiger partial charge in [-0.15, -0.1) is 0 Å². The minimum Gasteiger partial charge on any atom is -0.467 e. The highest BCUT2D eigenvalue weighted by Crippen LogP contribution is 2.41. The predicted octanol–water partition coefficient (Wildman–Crippen LogP) is 5.45. The van der Waals surface area contributed by atoms with Gasteiger partial charge in [0, 0.05) is 38.3 Å². The number of methoxy groups -OCH3 is 1. The summed E-state index contributed by atoms with van der Waals surface area (Å²) in [7, 11) is 1.55. The molecule has 5 rings (SSSR count). The highest BCUT2D eigenvalue weighted by atomic mass is 32.2. The maximum Gasteiger partial charge on any atom is 0.264 e. The average molecular weight is 543 g/mol. The Labute approximate surface area is 227 Å². The van der Waals surface area contributed by atoms with Crippen LogP contribution in [0.4, 0.5) is 15.9 Å². The number of carbonyl (C=O) groups excluding carboxylic acids is 1. The summed E-state index contributed by atoms with van der Waals surface area (Å²) in [4.78, 5) is 27.2. The summed E-state index contributed by atoms with van der Waals surface area (Å²) < 4.78 is 31.3. The molecule has 0 atom stereocenters. The van der Waals surface area contributed by atoms with Gasteiger partial charge in [0.05, 0.1) is 24.5 Å². The standard InChI is InChI=1S/C26H29FN4O4S.C2H6/c1-4-18-19(27)7-6-16-12-17(35-15-33-2)13-21(22(16)18)31-14-20-23(25(31)32)24(29-26(28-20)36-3)30-8-5-10-34-11-9-30;1-2/h6-7,12-13H,4-5,8-11,14-15H2,1-3H3;1-2H3. The van der Waals surface area contributed by atoms with Crippen molar-refractivity contribution in [1.82, 2.24) is 9.97 Å². The van der Waals surface area contributed by atoms with Crippen LogP contribution >= 0.6 is 11.8 Å². The number of rotatable bonds is 7. The fourth-order valence-corrected chi connectivity index (χ4v) is 5.25. The second-order valence-corrected chi connectivity index (χ2v) is 9.44. The molecule has 3 heterocycles. The Morgan fingerprint density at radius 1 is 1.16 bits per heavy atom. The van der Waals surface area contributed by atoms with Crippen molar-refractivity contribution in [2.75, 3.05) is 56.3 Å². The third-order valence-corrected chi connectivity index (χ3v) is 7.07. The lowest BCUT2D eigenvalue weighted by Crippen LogP contribution is -2.30. The lowest BCUT2D eigenvalue weighted by atomic mass is 9.99. The number of ether oxygens (including phenoxy) is 3.